The SMILES string of the molecule is CC(C)(CO)N1CCN(C(=O)C2COc3ccc(O)cc3O2)CC1. The predicted octanol–water partition coefficient (Wildman–Crippen LogP) is 0.447. The number of rotatable bonds is 3. The average Bonchev–Trinajstić information content (AvgIpc) is 2.60. The molecule has 24 heavy (non-hydrogen) atoms. The summed E-state index contributed by atoms with van der Waals surface area (Å²) in [6.07, 6.45) is -0.697. The van der Waals surface area contributed by atoms with Crippen LogP contribution in [0.25, 0.3) is 0 Å². The fourth-order valence-electron chi connectivity index (χ4n) is 3.02. The molecule has 7 nitrogen and oxygen atoms in total. The van der Waals surface area contributed by atoms with Gasteiger partial charge in [0.2, 0.25) is 6.10 Å². The summed E-state index contributed by atoms with van der Waals surface area (Å²) < 4.78 is 11.3. The van der Waals surface area contributed by atoms with E-state index >= 15 is 0 Å². The number of amides is 1. The predicted molar refractivity (Wildman–Crippen MR) is 87.3 cm³/mol. The molecule has 2 aliphatic rings. The summed E-state index contributed by atoms with van der Waals surface area (Å²) in [4.78, 5) is 16.6. The van der Waals surface area contributed by atoms with Gasteiger partial charge in [0.25, 0.3) is 5.91 Å². The quantitative estimate of drug-likeness (QED) is 0.834. The van der Waals surface area contributed by atoms with Crippen LogP contribution in [0.1, 0.15) is 13.8 Å². The van der Waals surface area contributed by atoms with Crippen LogP contribution in [-0.2, 0) is 4.79 Å². The zero-order valence-corrected chi connectivity index (χ0v) is 14.1. The van der Waals surface area contributed by atoms with Gasteiger partial charge in [-0.3, -0.25) is 9.69 Å². The molecular weight excluding hydrogens is 312 g/mol. The lowest BCUT2D eigenvalue weighted by Gasteiger charge is -2.43. The molecule has 2 heterocycles. The molecule has 0 spiro atoms. The van der Waals surface area contributed by atoms with E-state index in [4.69, 9.17) is 9.47 Å². The second kappa shape index (κ2) is 6.49. The third-order valence-corrected chi connectivity index (χ3v) is 4.70. The number of piperazine rings is 1. The third-order valence-electron chi connectivity index (χ3n) is 4.70. The third kappa shape index (κ3) is 3.27. The fraction of sp³-hybridized carbons (Fsp3) is 0.588. The van der Waals surface area contributed by atoms with Gasteiger partial charge < -0.3 is 24.6 Å². The number of hydrogen-bond donors (Lipinski definition) is 2. The van der Waals surface area contributed by atoms with Gasteiger partial charge in [0.05, 0.1) is 6.61 Å². The van der Waals surface area contributed by atoms with E-state index in [2.05, 4.69) is 4.90 Å². The lowest BCUT2D eigenvalue weighted by Crippen LogP contribution is -2.59. The van der Waals surface area contributed by atoms with E-state index in [1.54, 1.807) is 11.0 Å². The van der Waals surface area contributed by atoms with Crippen LogP contribution in [0.3, 0.4) is 0 Å². The van der Waals surface area contributed by atoms with Crippen LogP contribution in [0, 0.1) is 0 Å². The molecule has 1 amide bonds. The summed E-state index contributed by atoms with van der Waals surface area (Å²) in [7, 11) is 0. The smallest absolute Gasteiger partial charge is 0.267 e. The summed E-state index contributed by atoms with van der Waals surface area (Å²) in [6, 6.07) is 4.60. The maximum Gasteiger partial charge on any atom is 0.267 e. The van der Waals surface area contributed by atoms with Gasteiger partial charge >= 0.3 is 0 Å². The Morgan fingerprint density at radius 2 is 1.96 bits per heavy atom. The number of carbonyl (C=O) groups excluding carboxylic acids is 1. The number of aromatic hydroxyl groups is 1. The number of nitrogens with zero attached hydrogens (tertiary/aromatic N) is 2. The van der Waals surface area contributed by atoms with E-state index < -0.39 is 6.10 Å². The number of aliphatic hydroxyl groups is 1. The Morgan fingerprint density at radius 1 is 1.25 bits per heavy atom. The lowest BCUT2D eigenvalue weighted by atomic mass is 10.0. The standard InChI is InChI=1S/C17H24N2O5/c1-17(2,11-20)19-7-5-18(6-8-19)16(22)15-10-23-13-4-3-12(21)9-14(13)24-15/h3-4,9,15,20-21H,5-8,10-11H2,1-2H3. The normalized spacial score (nSPS) is 21.6. The van der Waals surface area contributed by atoms with Crippen molar-refractivity contribution < 1.29 is 24.5 Å². The molecule has 0 aliphatic carbocycles. The van der Waals surface area contributed by atoms with Crippen LogP contribution in [0.5, 0.6) is 17.2 Å². The molecule has 0 aromatic heterocycles. The van der Waals surface area contributed by atoms with Crippen molar-refractivity contribution in [1.29, 1.82) is 0 Å². The van der Waals surface area contributed by atoms with Crippen molar-refractivity contribution in [2.24, 2.45) is 0 Å². The molecule has 7 heteroatoms. The first-order chi connectivity index (χ1) is 11.4. The fourth-order valence-corrected chi connectivity index (χ4v) is 3.02. The second-order valence-corrected chi connectivity index (χ2v) is 6.83. The van der Waals surface area contributed by atoms with Crippen molar-refractivity contribution in [2.45, 2.75) is 25.5 Å². The Balaban J connectivity index is 1.60. The number of phenolic OH excluding ortho intramolecular Hbond substituents is 1. The highest BCUT2D eigenvalue weighted by atomic mass is 16.6. The van der Waals surface area contributed by atoms with E-state index in [1.165, 1.54) is 12.1 Å². The van der Waals surface area contributed by atoms with Crippen LogP contribution in [0.2, 0.25) is 0 Å². The van der Waals surface area contributed by atoms with Crippen molar-refractivity contribution >= 4 is 5.91 Å². The Morgan fingerprint density at radius 3 is 2.62 bits per heavy atom. The largest absolute Gasteiger partial charge is 0.508 e. The monoisotopic (exact) mass is 336 g/mol. The number of benzene rings is 1. The van der Waals surface area contributed by atoms with E-state index in [1.807, 2.05) is 13.8 Å². The van der Waals surface area contributed by atoms with Crippen LogP contribution in [-0.4, -0.2) is 77.0 Å². The maximum atomic E-state index is 12.7. The Hall–Kier alpha value is -1.99. The molecule has 3 rings (SSSR count). The minimum Gasteiger partial charge on any atom is -0.508 e. The Bertz CT molecular complexity index is 611. The molecule has 2 N–H and O–H groups in total. The summed E-state index contributed by atoms with van der Waals surface area (Å²) in [5.74, 6) is 0.891. The van der Waals surface area contributed by atoms with E-state index in [9.17, 15) is 15.0 Å². The topological polar surface area (TPSA) is 82.5 Å². The summed E-state index contributed by atoms with van der Waals surface area (Å²) in [5, 5.41) is 19.0. The number of carbonyl (C=O) groups is 1. The molecule has 2 aliphatic heterocycles. The van der Waals surface area contributed by atoms with Crippen LogP contribution in [0.15, 0.2) is 18.2 Å². The van der Waals surface area contributed by atoms with Crippen molar-refractivity contribution in [3.8, 4) is 17.2 Å². The summed E-state index contributed by atoms with van der Waals surface area (Å²) in [6.45, 7) is 6.84. The second-order valence-electron chi connectivity index (χ2n) is 6.83. The zero-order valence-electron chi connectivity index (χ0n) is 14.1. The van der Waals surface area contributed by atoms with Gasteiger partial charge in [-0.1, -0.05) is 0 Å². The minimum absolute atomic E-state index is 0.0744. The van der Waals surface area contributed by atoms with Gasteiger partial charge in [0, 0.05) is 37.8 Å². The number of phenols is 1. The molecule has 1 aromatic carbocycles. The Kier molecular flexibility index (Phi) is 4.56. The molecule has 1 atom stereocenters. The highest BCUT2D eigenvalue weighted by Crippen LogP contribution is 2.35. The molecule has 132 valence electrons. The van der Waals surface area contributed by atoms with Crippen LogP contribution in [0.4, 0.5) is 0 Å². The highest BCUT2D eigenvalue weighted by molar-refractivity contribution is 5.82. The number of fused-ring (bicyclic) bond motifs is 1. The molecule has 1 unspecified atom stereocenters. The number of hydrogen-bond acceptors (Lipinski definition) is 6. The van der Waals surface area contributed by atoms with E-state index in [0.29, 0.717) is 37.7 Å². The van der Waals surface area contributed by atoms with Crippen LogP contribution < -0.4 is 9.47 Å². The van der Waals surface area contributed by atoms with Crippen molar-refractivity contribution in [3.63, 3.8) is 0 Å². The van der Waals surface area contributed by atoms with E-state index in [0.717, 1.165) is 0 Å². The number of ether oxygens (including phenoxy) is 2. The summed E-state index contributed by atoms with van der Waals surface area (Å²) >= 11 is 0. The minimum atomic E-state index is -0.697. The molecule has 1 aromatic rings. The van der Waals surface area contributed by atoms with Crippen molar-refractivity contribution in [2.75, 3.05) is 39.4 Å². The van der Waals surface area contributed by atoms with Gasteiger partial charge in [-0.2, -0.15) is 0 Å². The maximum absolute atomic E-state index is 12.7. The van der Waals surface area contributed by atoms with Gasteiger partial charge in [-0.05, 0) is 26.0 Å². The van der Waals surface area contributed by atoms with Gasteiger partial charge in [0.15, 0.2) is 11.5 Å². The summed E-state index contributed by atoms with van der Waals surface area (Å²) in [5.41, 5.74) is -0.282. The molecule has 1 fully saturated rings. The highest BCUT2D eigenvalue weighted by Gasteiger charge is 2.35. The molecule has 1 saturated heterocycles. The van der Waals surface area contributed by atoms with Crippen molar-refractivity contribution in [3.05, 3.63) is 18.2 Å². The Labute approximate surface area is 141 Å². The number of aliphatic hydroxyl groups excluding tert-OH is 1. The molecule has 0 bridgehead atoms. The van der Waals surface area contributed by atoms with Gasteiger partial charge in [-0.15, -0.1) is 0 Å². The van der Waals surface area contributed by atoms with Crippen LogP contribution >= 0.6 is 0 Å². The molecule has 0 saturated carbocycles. The van der Waals surface area contributed by atoms with E-state index in [-0.39, 0.29) is 30.4 Å². The molecular formula is C17H24N2O5. The molecule has 0 radical (unpaired) electrons. The van der Waals surface area contributed by atoms with Gasteiger partial charge in [0.1, 0.15) is 12.4 Å². The first kappa shape index (κ1) is 16.9. The van der Waals surface area contributed by atoms with Crippen molar-refractivity contribution in [1.82, 2.24) is 9.80 Å². The first-order valence-corrected chi connectivity index (χ1v) is 8.18. The lowest BCUT2D eigenvalue weighted by molar-refractivity contribution is -0.144. The zero-order chi connectivity index (χ0) is 17.3. The van der Waals surface area contributed by atoms with Gasteiger partial charge in [-0.25, -0.2) is 0 Å². The first-order valence-electron chi connectivity index (χ1n) is 8.18. The average molecular weight is 336 g/mol.